The Labute approximate surface area is 114 Å². The molecule has 6 nitrogen and oxygen atoms in total. The van der Waals surface area contributed by atoms with E-state index in [0.29, 0.717) is 25.9 Å². The van der Waals surface area contributed by atoms with Gasteiger partial charge in [0.05, 0.1) is 0 Å². The number of carboxylic acids is 1. The van der Waals surface area contributed by atoms with Gasteiger partial charge >= 0.3 is 12.0 Å². The minimum atomic E-state index is -0.890. The van der Waals surface area contributed by atoms with Crippen molar-refractivity contribution in [3.05, 3.63) is 0 Å². The number of hydrogen-bond donors (Lipinski definition) is 2. The first-order valence-corrected chi connectivity index (χ1v) is 6.79. The van der Waals surface area contributed by atoms with E-state index in [1.165, 1.54) is 4.90 Å². The SMILES string of the molecule is CCC(C)NC1(C(=O)O)CCN(C(=O)N(C)C)CC1. The van der Waals surface area contributed by atoms with Crippen LogP contribution in [-0.4, -0.2) is 65.7 Å². The van der Waals surface area contributed by atoms with Crippen LogP contribution in [0.3, 0.4) is 0 Å². The molecule has 0 radical (unpaired) electrons. The summed E-state index contributed by atoms with van der Waals surface area (Å²) in [4.78, 5) is 26.6. The number of carboxylic acid groups (broad SMARTS) is 1. The fraction of sp³-hybridized carbons (Fsp3) is 0.846. The van der Waals surface area contributed by atoms with Crippen molar-refractivity contribution in [2.24, 2.45) is 0 Å². The molecule has 0 bridgehead atoms. The average Bonchev–Trinajstić information content (AvgIpc) is 2.38. The summed E-state index contributed by atoms with van der Waals surface area (Å²) in [7, 11) is 3.41. The number of carbonyl (C=O) groups is 2. The largest absolute Gasteiger partial charge is 0.480 e. The van der Waals surface area contributed by atoms with Crippen LogP contribution >= 0.6 is 0 Å². The predicted molar refractivity (Wildman–Crippen MR) is 73.1 cm³/mol. The summed E-state index contributed by atoms with van der Waals surface area (Å²) in [6.45, 7) is 4.97. The number of nitrogens with one attached hydrogen (secondary N) is 1. The van der Waals surface area contributed by atoms with E-state index < -0.39 is 11.5 Å². The number of aliphatic carboxylic acids is 1. The van der Waals surface area contributed by atoms with Gasteiger partial charge in [0.25, 0.3) is 0 Å². The fourth-order valence-electron chi connectivity index (χ4n) is 2.36. The number of likely N-dealkylation sites (tertiary alicyclic amines) is 1. The lowest BCUT2D eigenvalue weighted by Gasteiger charge is -2.41. The second kappa shape index (κ2) is 6.23. The average molecular weight is 271 g/mol. The van der Waals surface area contributed by atoms with Gasteiger partial charge in [0, 0.05) is 33.2 Å². The molecule has 0 aliphatic carbocycles. The second-order valence-electron chi connectivity index (χ2n) is 5.50. The number of piperidine rings is 1. The van der Waals surface area contributed by atoms with Gasteiger partial charge < -0.3 is 14.9 Å². The summed E-state index contributed by atoms with van der Waals surface area (Å²) in [6, 6.07) is 0.106. The molecule has 1 atom stereocenters. The van der Waals surface area contributed by atoms with Crippen molar-refractivity contribution in [3.8, 4) is 0 Å². The molecule has 1 unspecified atom stereocenters. The maximum Gasteiger partial charge on any atom is 0.324 e. The Morgan fingerprint density at radius 3 is 2.26 bits per heavy atom. The smallest absolute Gasteiger partial charge is 0.324 e. The first-order valence-electron chi connectivity index (χ1n) is 6.79. The predicted octanol–water partition coefficient (Wildman–Crippen LogP) is 0.975. The van der Waals surface area contributed by atoms with E-state index in [1.54, 1.807) is 19.0 Å². The van der Waals surface area contributed by atoms with Crippen LogP contribution in [0.2, 0.25) is 0 Å². The minimum Gasteiger partial charge on any atom is -0.480 e. The van der Waals surface area contributed by atoms with E-state index in [9.17, 15) is 14.7 Å². The lowest BCUT2D eigenvalue weighted by atomic mass is 9.86. The Kier molecular flexibility index (Phi) is 5.17. The molecule has 1 aliphatic heterocycles. The number of nitrogens with zero attached hydrogens (tertiary/aromatic N) is 2. The maximum atomic E-state index is 11.8. The molecule has 0 aromatic carbocycles. The van der Waals surface area contributed by atoms with Crippen LogP contribution in [0.4, 0.5) is 4.79 Å². The van der Waals surface area contributed by atoms with Crippen LogP contribution in [0.5, 0.6) is 0 Å². The van der Waals surface area contributed by atoms with E-state index in [2.05, 4.69) is 5.32 Å². The Hall–Kier alpha value is -1.30. The monoisotopic (exact) mass is 271 g/mol. The molecule has 1 heterocycles. The molecule has 2 N–H and O–H groups in total. The Balaban J connectivity index is 2.70. The molecule has 110 valence electrons. The van der Waals surface area contributed by atoms with Gasteiger partial charge in [0.1, 0.15) is 5.54 Å². The van der Waals surface area contributed by atoms with Crippen molar-refractivity contribution in [2.75, 3.05) is 27.2 Å². The highest BCUT2D eigenvalue weighted by atomic mass is 16.4. The summed E-state index contributed by atoms with van der Waals surface area (Å²) in [5, 5.41) is 12.7. The van der Waals surface area contributed by atoms with Crippen molar-refractivity contribution in [2.45, 2.75) is 44.7 Å². The number of urea groups is 1. The standard InChI is InChI=1S/C13H25N3O3/c1-5-10(2)14-13(11(17)18)6-8-16(9-7-13)12(19)15(3)4/h10,14H,5-9H2,1-4H3,(H,17,18). The molecule has 0 aromatic heterocycles. The van der Waals surface area contributed by atoms with Crippen LogP contribution in [0.1, 0.15) is 33.1 Å². The fourth-order valence-corrected chi connectivity index (χ4v) is 2.36. The number of hydrogen-bond acceptors (Lipinski definition) is 3. The van der Waals surface area contributed by atoms with Gasteiger partial charge in [-0.05, 0) is 26.2 Å². The van der Waals surface area contributed by atoms with E-state index in [1.807, 2.05) is 13.8 Å². The topological polar surface area (TPSA) is 72.9 Å². The van der Waals surface area contributed by atoms with Crippen molar-refractivity contribution in [1.29, 1.82) is 0 Å². The molecule has 1 saturated heterocycles. The molecule has 0 spiro atoms. The normalized spacial score (nSPS) is 19.9. The highest BCUT2D eigenvalue weighted by Crippen LogP contribution is 2.24. The van der Waals surface area contributed by atoms with Crippen molar-refractivity contribution in [3.63, 3.8) is 0 Å². The van der Waals surface area contributed by atoms with E-state index in [0.717, 1.165) is 6.42 Å². The van der Waals surface area contributed by atoms with Crippen LogP contribution in [0, 0.1) is 0 Å². The molecule has 2 amide bonds. The zero-order valence-electron chi connectivity index (χ0n) is 12.3. The summed E-state index contributed by atoms with van der Waals surface area (Å²) in [5.41, 5.74) is -0.890. The minimum absolute atomic E-state index is 0.0532. The van der Waals surface area contributed by atoms with Crippen LogP contribution in [0.15, 0.2) is 0 Å². The van der Waals surface area contributed by atoms with E-state index >= 15 is 0 Å². The highest BCUT2D eigenvalue weighted by Gasteiger charge is 2.43. The van der Waals surface area contributed by atoms with Gasteiger partial charge in [-0.3, -0.25) is 10.1 Å². The molecule has 19 heavy (non-hydrogen) atoms. The van der Waals surface area contributed by atoms with Crippen LogP contribution in [-0.2, 0) is 4.79 Å². The van der Waals surface area contributed by atoms with Gasteiger partial charge in [-0.25, -0.2) is 4.79 Å². The maximum absolute atomic E-state index is 11.8. The molecule has 0 aromatic rings. The molecule has 6 heteroatoms. The van der Waals surface area contributed by atoms with E-state index in [-0.39, 0.29) is 12.1 Å². The quantitative estimate of drug-likeness (QED) is 0.799. The van der Waals surface area contributed by atoms with Crippen LogP contribution < -0.4 is 5.32 Å². The lowest BCUT2D eigenvalue weighted by Crippen LogP contribution is -2.61. The second-order valence-corrected chi connectivity index (χ2v) is 5.50. The summed E-state index contributed by atoms with van der Waals surface area (Å²) >= 11 is 0. The first-order chi connectivity index (χ1) is 8.82. The van der Waals surface area contributed by atoms with Gasteiger partial charge in [-0.2, -0.15) is 0 Å². The van der Waals surface area contributed by atoms with Crippen molar-refractivity contribution in [1.82, 2.24) is 15.1 Å². The molecular weight excluding hydrogens is 246 g/mol. The third-order valence-corrected chi connectivity index (χ3v) is 3.81. The van der Waals surface area contributed by atoms with Crippen molar-refractivity contribution < 1.29 is 14.7 Å². The zero-order valence-corrected chi connectivity index (χ0v) is 12.3. The van der Waals surface area contributed by atoms with Gasteiger partial charge in [0.2, 0.25) is 0 Å². The Morgan fingerprint density at radius 2 is 1.89 bits per heavy atom. The third kappa shape index (κ3) is 3.59. The summed E-state index contributed by atoms with van der Waals surface area (Å²) < 4.78 is 0. The number of carbonyl (C=O) groups excluding carboxylic acids is 1. The van der Waals surface area contributed by atoms with Gasteiger partial charge in [0.15, 0.2) is 0 Å². The summed E-state index contributed by atoms with van der Waals surface area (Å²) in [5.74, 6) is -0.815. The molecule has 1 rings (SSSR count). The zero-order chi connectivity index (χ0) is 14.6. The van der Waals surface area contributed by atoms with Crippen LogP contribution in [0.25, 0.3) is 0 Å². The first kappa shape index (κ1) is 15.8. The van der Waals surface area contributed by atoms with Gasteiger partial charge in [-0.15, -0.1) is 0 Å². The molecular formula is C13H25N3O3. The lowest BCUT2D eigenvalue weighted by molar-refractivity contribution is -0.147. The molecule has 0 saturated carbocycles. The Morgan fingerprint density at radius 1 is 1.37 bits per heavy atom. The van der Waals surface area contributed by atoms with Crippen molar-refractivity contribution >= 4 is 12.0 Å². The Bertz CT molecular complexity index is 336. The number of amides is 2. The van der Waals surface area contributed by atoms with Gasteiger partial charge in [-0.1, -0.05) is 6.92 Å². The van der Waals surface area contributed by atoms with E-state index in [4.69, 9.17) is 0 Å². The number of rotatable bonds is 4. The summed E-state index contributed by atoms with van der Waals surface area (Å²) in [6.07, 6.45) is 1.79. The highest BCUT2D eigenvalue weighted by molar-refractivity contribution is 5.80. The molecule has 1 fully saturated rings. The third-order valence-electron chi connectivity index (χ3n) is 3.81. The molecule has 1 aliphatic rings.